The van der Waals surface area contributed by atoms with Crippen molar-refractivity contribution < 1.29 is 14.3 Å². The molecule has 0 saturated carbocycles. The van der Waals surface area contributed by atoms with Crippen LogP contribution in [0, 0.1) is 0 Å². The van der Waals surface area contributed by atoms with Crippen molar-refractivity contribution in [3.05, 3.63) is 23.8 Å². The summed E-state index contributed by atoms with van der Waals surface area (Å²) in [6.07, 6.45) is 0. The molecule has 0 saturated heterocycles. The zero-order valence-corrected chi connectivity index (χ0v) is 8.15. The molecule has 0 bridgehead atoms. The molecule has 78 valence electrons. The Balaban J connectivity index is 2.47. The molecule has 0 atom stereocenters. The molecule has 0 unspecified atom stereocenters. The maximum absolute atomic E-state index is 10.7. The molecule has 2 N–H and O–H groups in total. The molecule has 2 rings (SSSR count). The first-order valence-corrected chi connectivity index (χ1v) is 4.58. The number of fused-ring (bicyclic) bond motifs is 1. The average molecular weight is 206 g/mol. The summed E-state index contributed by atoms with van der Waals surface area (Å²) in [6.45, 7) is 2.64. The molecule has 0 radical (unpaired) electrons. The molecule has 15 heavy (non-hydrogen) atoms. The summed E-state index contributed by atoms with van der Waals surface area (Å²) in [7, 11) is 0. The molecule has 0 spiro atoms. The van der Waals surface area contributed by atoms with E-state index < -0.39 is 5.97 Å². The number of nitrogens with zero attached hydrogens (tertiary/aromatic N) is 1. The number of carbonyl (C=O) groups is 1. The van der Waals surface area contributed by atoms with Crippen LogP contribution >= 0.6 is 0 Å². The predicted molar refractivity (Wildman–Crippen MR) is 55.1 cm³/mol. The van der Waals surface area contributed by atoms with Gasteiger partial charge in [-0.05, 0) is 25.1 Å². The maximum atomic E-state index is 10.7. The fourth-order valence-electron chi connectivity index (χ4n) is 1.28. The third-order valence-corrected chi connectivity index (χ3v) is 1.96. The number of hydrogen-bond acceptors (Lipinski definition) is 4. The zero-order chi connectivity index (χ0) is 10.8. The Labute approximate surface area is 85.7 Å². The van der Waals surface area contributed by atoms with Gasteiger partial charge in [-0.1, -0.05) is 0 Å². The van der Waals surface area contributed by atoms with Gasteiger partial charge in [0.05, 0.1) is 5.56 Å². The van der Waals surface area contributed by atoms with Crippen molar-refractivity contribution in [2.75, 3.05) is 11.9 Å². The summed E-state index contributed by atoms with van der Waals surface area (Å²) >= 11 is 0. The van der Waals surface area contributed by atoms with Gasteiger partial charge in [0.1, 0.15) is 5.52 Å². The van der Waals surface area contributed by atoms with Gasteiger partial charge in [0.15, 0.2) is 5.58 Å². The van der Waals surface area contributed by atoms with Gasteiger partial charge in [-0.3, -0.25) is 0 Å². The molecule has 1 aromatic carbocycles. The van der Waals surface area contributed by atoms with Crippen molar-refractivity contribution in [1.82, 2.24) is 4.98 Å². The number of oxazole rings is 1. The van der Waals surface area contributed by atoms with Crippen molar-refractivity contribution in [3.8, 4) is 0 Å². The number of hydrogen-bond donors (Lipinski definition) is 2. The Bertz CT molecular complexity index is 504. The van der Waals surface area contributed by atoms with Gasteiger partial charge in [0, 0.05) is 6.54 Å². The minimum absolute atomic E-state index is 0.196. The van der Waals surface area contributed by atoms with Crippen LogP contribution in [-0.2, 0) is 0 Å². The number of aromatic nitrogens is 1. The number of carboxylic acid groups (broad SMARTS) is 1. The predicted octanol–water partition coefficient (Wildman–Crippen LogP) is 1.96. The van der Waals surface area contributed by atoms with E-state index in [1.807, 2.05) is 6.92 Å². The average Bonchev–Trinajstić information content (AvgIpc) is 2.59. The SMILES string of the molecule is CCNc1nc2ccc(C(=O)O)cc2o1. The standard InChI is InChI=1S/C10H10N2O3/c1-2-11-10-12-7-4-3-6(9(13)14)5-8(7)15-10/h3-5H,2H2,1H3,(H,11,12)(H,13,14). The van der Waals surface area contributed by atoms with E-state index in [0.717, 1.165) is 0 Å². The second-order valence-electron chi connectivity index (χ2n) is 3.04. The van der Waals surface area contributed by atoms with Crippen LogP contribution in [0.15, 0.2) is 22.6 Å². The fraction of sp³-hybridized carbons (Fsp3) is 0.200. The van der Waals surface area contributed by atoms with E-state index in [0.29, 0.717) is 23.7 Å². The highest BCUT2D eigenvalue weighted by molar-refractivity contribution is 5.92. The first-order valence-electron chi connectivity index (χ1n) is 4.58. The first kappa shape index (κ1) is 9.51. The number of anilines is 1. The van der Waals surface area contributed by atoms with Gasteiger partial charge >= 0.3 is 5.97 Å². The topological polar surface area (TPSA) is 75.4 Å². The van der Waals surface area contributed by atoms with Crippen LogP contribution in [0.2, 0.25) is 0 Å². The fourth-order valence-corrected chi connectivity index (χ4v) is 1.28. The molecule has 0 fully saturated rings. The molecule has 5 heteroatoms. The Morgan fingerprint density at radius 1 is 1.60 bits per heavy atom. The van der Waals surface area contributed by atoms with E-state index in [-0.39, 0.29) is 5.56 Å². The van der Waals surface area contributed by atoms with E-state index in [1.165, 1.54) is 12.1 Å². The largest absolute Gasteiger partial charge is 0.478 e. The number of nitrogens with one attached hydrogen (secondary N) is 1. The van der Waals surface area contributed by atoms with Crippen molar-refractivity contribution >= 4 is 23.1 Å². The maximum Gasteiger partial charge on any atom is 0.335 e. The van der Waals surface area contributed by atoms with Crippen LogP contribution in [0.25, 0.3) is 11.1 Å². The molecule has 0 aliphatic rings. The molecule has 5 nitrogen and oxygen atoms in total. The second-order valence-corrected chi connectivity index (χ2v) is 3.04. The van der Waals surface area contributed by atoms with Crippen LogP contribution < -0.4 is 5.32 Å². The van der Waals surface area contributed by atoms with E-state index in [9.17, 15) is 4.79 Å². The molecule has 0 amide bonds. The van der Waals surface area contributed by atoms with Crippen molar-refractivity contribution in [1.29, 1.82) is 0 Å². The van der Waals surface area contributed by atoms with E-state index in [4.69, 9.17) is 9.52 Å². The van der Waals surface area contributed by atoms with Crippen LogP contribution in [0.3, 0.4) is 0 Å². The molecule has 1 aromatic heterocycles. The lowest BCUT2D eigenvalue weighted by molar-refractivity contribution is 0.0697. The smallest absolute Gasteiger partial charge is 0.335 e. The van der Waals surface area contributed by atoms with Gasteiger partial charge in [-0.15, -0.1) is 0 Å². The summed E-state index contributed by atoms with van der Waals surface area (Å²) in [4.78, 5) is 14.8. The van der Waals surface area contributed by atoms with Crippen molar-refractivity contribution in [2.45, 2.75) is 6.92 Å². The highest BCUT2D eigenvalue weighted by Crippen LogP contribution is 2.19. The summed E-state index contributed by atoms with van der Waals surface area (Å²) in [5, 5.41) is 11.7. The summed E-state index contributed by atoms with van der Waals surface area (Å²) in [5.41, 5.74) is 1.32. The molecule has 0 aliphatic heterocycles. The van der Waals surface area contributed by atoms with Gasteiger partial charge in [0.2, 0.25) is 0 Å². The Morgan fingerprint density at radius 3 is 3.07 bits per heavy atom. The van der Waals surface area contributed by atoms with Crippen LogP contribution in [0.4, 0.5) is 6.01 Å². The molecular formula is C10H10N2O3. The number of aromatic carboxylic acids is 1. The van der Waals surface area contributed by atoms with Gasteiger partial charge < -0.3 is 14.8 Å². The van der Waals surface area contributed by atoms with Crippen LogP contribution in [0.5, 0.6) is 0 Å². The van der Waals surface area contributed by atoms with E-state index in [1.54, 1.807) is 6.07 Å². The second kappa shape index (κ2) is 3.61. The van der Waals surface area contributed by atoms with E-state index >= 15 is 0 Å². The Kier molecular flexibility index (Phi) is 2.29. The van der Waals surface area contributed by atoms with Crippen LogP contribution in [0.1, 0.15) is 17.3 Å². The lowest BCUT2D eigenvalue weighted by atomic mass is 10.2. The van der Waals surface area contributed by atoms with Crippen molar-refractivity contribution in [3.63, 3.8) is 0 Å². The van der Waals surface area contributed by atoms with Crippen LogP contribution in [-0.4, -0.2) is 22.6 Å². The molecule has 1 heterocycles. The highest BCUT2D eigenvalue weighted by atomic mass is 16.4. The number of rotatable bonds is 3. The molecular weight excluding hydrogens is 196 g/mol. The molecule has 2 aromatic rings. The zero-order valence-electron chi connectivity index (χ0n) is 8.15. The van der Waals surface area contributed by atoms with Gasteiger partial charge in [0.25, 0.3) is 6.01 Å². The monoisotopic (exact) mass is 206 g/mol. The minimum Gasteiger partial charge on any atom is -0.478 e. The highest BCUT2D eigenvalue weighted by Gasteiger charge is 2.08. The normalized spacial score (nSPS) is 10.5. The number of carboxylic acids is 1. The summed E-state index contributed by atoms with van der Waals surface area (Å²) in [6, 6.07) is 5.01. The summed E-state index contributed by atoms with van der Waals surface area (Å²) in [5.74, 6) is -0.974. The minimum atomic E-state index is -0.974. The quantitative estimate of drug-likeness (QED) is 0.802. The Hall–Kier alpha value is -2.04. The lowest BCUT2D eigenvalue weighted by Gasteiger charge is -1.92. The van der Waals surface area contributed by atoms with Gasteiger partial charge in [-0.2, -0.15) is 4.98 Å². The summed E-state index contributed by atoms with van der Waals surface area (Å²) < 4.78 is 5.31. The third kappa shape index (κ3) is 1.76. The number of benzene rings is 1. The molecule has 0 aliphatic carbocycles. The third-order valence-electron chi connectivity index (χ3n) is 1.96. The lowest BCUT2D eigenvalue weighted by Crippen LogP contribution is -1.95. The van der Waals surface area contributed by atoms with Gasteiger partial charge in [-0.25, -0.2) is 4.79 Å². The first-order chi connectivity index (χ1) is 7.20. The van der Waals surface area contributed by atoms with E-state index in [2.05, 4.69) is 10.3 Å². The van der Waals surface area contributed by atoms with Crippen molar-refractivity contribution in [2.24, 2.45) is 0 Å². The Morgan fingerprint density at radius 2 is 2.40 bits per heavy atom.